The smallest absolute Gasteiger partial charge is 0.407 e. The molecule has 0 spiro atoms. The molecule has 0 atom stereocenters. The number of pyridine rings is 1. The molecule has 7 nitrogen and oxygen atoms in total. The van der Waals surface area contributed by atoms with Gasteiger partial charge in [0.1, 0.15) is 12.3 Å². The highest BCUT2D eigenvalue weighted by Crippen LogP contribution is 2.09. The van der Waals surface area contributed by atoms with Gasteiger partial charge in [-0.15, -0.1) is 0 Å². The normalized spacial score (nSPS) is 10.5. The summed E-state index contributed by atoms with van der Waals surface area (Å²) in [6, 6.07) is 12.3. The first-order valence-electron chi connectivity index (χ1n) is 7.27. The molecular weight excluding hydrogens is 310 g/mol. The van der Waals surface area contributed by atoms with Gasteiger partial charge in [0.2, 0.25) is 0 Å². The van der Waals surface area contributed by atoms with Crippen LogP contribution in [0.4, 0.5) is 4.79 Å². The second-order valence-corrected chi connectivity index (χ2v) is 5.13. The standard InChI is InChI=1S/C17H15N3O4/c21-16(22)13-6-7-20-10-14(19-15(20)8-13)9-18-17(23)24-11-12-4-2-1-3-5-12/h1-8,10H,9,11H2,(H,18,23)(H,21,22). The molecule has 0 radical (unpaired) electrons. The third-order valence-electron chi connectivity index (χ3n) is 3.38. The molecule has 0 saturated heterocycles. The Kier molecular flexibility index (Phi) is 4.42. The molecule has 2 N–H and O–H groups in total. The van der Waals surface area contributed by atoms with E-state index >= 15 is 0 Å². The van der Waals surface area contributed by atoms with E-state index in [0.717, 1.165) is 5.56 Å². The third-order valence-corrected chi connectivity index (χ3v) is 3.38. The number of aromatic carboxylic acids is 1. The number of nitrogens with one attached hydrogen (secondary N) is 1. The van der Waals surface area contributed by atoms with Crippen molar-refractivity contribution in [1.29, 1.82) is 0 Å². The molecule has 2 heterocycles. The minimum Gasteiger partial charge on any atom is -0.478 e. The molecule has 0 aliphatic carbocycles. The highest BCUT2D eigenvalue weighted by atomic mass is 16.5. The number of rotatable bonds is 5. The van der Waals surface area contributed by atoms with Crippen LogP contribution in [0.3, 0.4) is 0 Å². The number of carbonyl (C=O) groups excluding carboxylic acids is 1. The highest BCUT2D eigenvalue weighted by molar-refractivity contribution is 5.88. The number of carboxylic acids is 1. The topological polar surface area (TPSA) is 92.9 Å². The second kappa shape index (κ2) is 6.82. The molecule has 0 fully saturated rings. The van der Waals surface area contributed by atoms with E-state index < -0.39 is 12.1 Å². The molecule has 0 aliphatic heterocycles. The Labute approximate surface area is 137 Å². The summed E-state index contributed by atoms with van der Waals surface area (Å²) in [4.78, 5) is 26.9. The van der Waals surface area contributed by atoms with Crippen molar-refractivity contribution in [2.45, 2.75) is 13.2 Å². The van der Waals surface area contributed by atoms with Crippen molar-refractivity contribution >= 4 is 17.7 Å². The quantitative estimate of drug-likeness (QED) is 0.751. The van der Waals surface area contributed by atoms with Crippen LogP contribution in [0.2, 0.25) is 0 Å². The lowest BCUT2D eigenvalue weighted by molar-refractivity contribution is 0.0696. The van der Waals surface area contributed by atoms with Crippen molar-refractivity contribution in [2.75, 3.05) is 0 Å². The lowest BCUT2D eigenvalue weighted by atomic mass is 10.2. The van der Waals surface area contributed by atoms with Gasteiger partial charge in [-0.1, -0.05) is 30.3 Å². The zero-order valence-electron chi connectivity index (χ0n) is 12.7. The Balaban J connectivity index is 1.57. The molecule has 3 rings (SSSR count). The van der Waals surface area contributed by atoms with Gasteiger partial charge in [-0.3, -0.25) is 0 Å². The number of alkyl carbamates (subject to hydrolysis) is 1. The molecule has 1 amide bonds. The Morgan fingerprint density at radius 2 is 2.00 bits per heavy atom. The van der Waals surface area contributed by atoms with Gasteiger partial charge >= 0.3 is 12.1 Å². The highest BCUT2D eigenvalue weighted by Gasteiger charge is 2.08. The lowest BCUT2D eigenvalue weighted by Gasteiger charge is -2.05. The van der Waals surface area contributed by atoms with E-state index in [1.165, 1.54) is 12.1 Å². The summed E-state index contributed by atoms with van der Waals surface area (Å²) in [6.45, 7) is 0.386. The Morgan fingerprint density at radius 1 is 1.21 bits per heavy atom. The fourth-order valence-electron chi connectivity index (χ4n) is 2.19. The van der Waals surface area contributed by atoms with Crippen LogP contribution in [0.15, 0.2) is 54.9 Å². The Hall–Kier alpha value is -3.35. The molecule has 2 aromatic heterocycles. The summed E-state index contributed by atoms with van der Waals surface area (Å²) in [7, 11) is 0. The Bertz CT molecular complexity index is 874. The molecule has 3 aromatic rings. The fourth-order valence-corrected chi connectivity index (χ4v) is 2.19. The second-order valence-electron chi connectivity index (χ2n) is 5.13. The van der Waals surface area contributed by atoms with Crippen molar-refractivity contribution < 1.29 is 19.4 Å². The summed E-state index contributed by atoms with van der Waals surface area (Å²) < 4.78 is 6.81. The summed E-state index contributed by atoms with van der Waals surface area (Å²) in [6.07, 6.45) is 2.80. The van der Waals surface area contributed by atoms with E-state index in [0.29, 0.717) is 11.3 Å². The van der Waals surface area contributed by atoms with Crippen molar-refractivity contribution in [2.24, 2.45) is 0 Å². The lowest BCUT2D eigenvalue weighted by Crippen LogP contribution is -2.23. The molecule has 122 valence electrons. The first-order valence-corrected chi connectivity index (χ1v) is 7.27. The number of ether oxygens (including phenoxy) is 1. The number of aromatic nitrogens is 2. The Morgan fingerprint density at radius 3 is 2.75 bits per heavy atom. The van der Waals surface area contributed by atoms with Crippen LogP contribution in [-0.4, -0.2) is 26.6 Å². The van der Waals surface area contributed by atoms with Gasteiger partial charge in [0.15, 0.2) is 0 Å². The van der Waals surface area contributed by atoms with Gasteiger partial charge < -0.3 is 19.6 Å². The van der Waals surface area contributed by atoms with Crippen molar-refractivity contribution in [3.8, 4) is 0 Å². The molecule has 0 saturated carbocycles. The molecule has 7 heteroatoms. The number of hydrogen-bond donors (Lipinski definition) is 2. The largest absolute Gasteiger partial charge is 0.478 e. The van der Waals surface area contributed by atoms with Crippen molar-refractivity contribution in [3.05, 3.63) is 71.7 Å². The van der Waals surface area contributed by atoms with Crippen LogP contribution < -0.4 is 5.32 Å². The van der Waals surface area contributed by atoms with Gasteiger partial charge in [0.05, 0.1) is 17.8 Å². The summed E-state index contributed by atoms with van der Waals surface area (Å²) in [5.74, 6) is -1.01. The van der Waals surface area contributed by atoms with Crippen molar-refractivity contribution in [1.82, 2.24) is 14.7 Å². The van der Waals surface area contributed by atoms with Gasteiger partial charge in [-0.25, -0.2) is 14.6 Å². The summed E-state index contributed by atoms with van der Waals surface area (Å²) >= 11 is 0. The van der Waals surface area contributed by atoms with E-state index in [4.69, 9.17) is 9.84 Å². The average Bonchev–Trinajstić information content (AvgIpc) is 3.01. The maximum absolute atomic E-state index is 11.7. The molecule has 0 unspecified atom stereocenters. The maximum atomic E-state index is 11.7. The first-order chi connectivity index (χ1) is 11.6. The number of hydrogen-bond acceptors (Lipinski definition) is 4. The maximum Gasteiger partial charge on any atom is 0.407 e. The van der Waals surface area contributed by atoms with Crippen LogP contribution >= 0.6 is 0 Å². The monoisotopic (exact) mass is 325 g/mol. The first kappa shape index (κ1) is 15.5. The number of benzene rings is 1. The van der Waals surface area contributed by atoms with Crippen LogP contribution in [-0.2, 0) is 17.9 Å². The molecule has 1 aromatic carbocycles. The molecule has 0 bridgehead atoms. The van der Waals surface area contributed by atoms with Crippen LogP contribution in [0.25, 0.3) is 5.65 Å². The van der Waals surface area contributed by atoms with E-state index in [1.54, 1.807) is 16.8 Å². The minimum absolute atomic E-state index is 0.162. The number of carboxylic acid groups (broad SMARTS) is 1. The van der Waals surface area contributed by atoms with Gasteiger partial charge in [0.25, 0.3) is 0 Å². The van der Waals surface area contributed by atoms with Crippen LogP contribution in [0.5, 0.6) is 0 Å². The third kappa shape index (κ3) is 3.70. The number of imidazole rings is 1. The van der Waals surface area contributed by atoms with Crippen LogP contribution in [0, 0.1) is 0 Å². The van der Waals surface area contributed by atoms with Gasteiger partial charge in [-0.2, -0.15) is 0 Å². The van der Waals surface area contributed by atoms with E-state index in [2.05, 4.69) is 10.3 Å². The fraction of sp³-hybridized carbons (Fsp3) is 0.118. The average molecular weight is 325 g/mol. The zero-order valence-corrected chi connectivity index (χ0v) is 12.7. The van der Waals surface area contributed by atoms with E-state index in [9.17, 15) is 9.59 Å². The van der Waals surface area contributed by atoms with E-state index in [1.807, 2.05) is 30.3 Å². The predicted octanol–water partition coefficient (Wildman–Crippen LogP) is 2.46. The summed E-state index contributed by atoms with van der Waals surface area (Å²) in [5.41, 5.74) is 2.18. The van der Waals surface area contributed by atoms with Gasteiger partial charge in [-0.05, 0) is 17.7 Å². The molecule has 0 aliphatic rings. The molecular formula is C17H15N3O4. The van der Waals surface area contributed by atoms with E-state index in [-0.39, 0.29) is 18.7 Å². The summed E-state index contributed by atoms with van der Waals surface area (Å²) in [5, 5.41) is 11.6. The number of fused-ring (bicyclic) bond motifs is 1. The van der Waals surface area contributed by atoms with Crippen LogP contribution in [0.1, 0.15) is 21.6 Å². The van der Waals surface area contributed by atoms with Crippen molar-refractivity contribution in [3.63, 3.8) is 0 Å². The SMILES string of the molecule is O=C(NCc1cn2ccc(C(=O)O)cc2n1)OCc1ccccc1. The predicted molar refractivity (Wildman–Crippen MR) is 85.6 cm³/mol. The number of carbonyl (C=O) groups is 2. The number of nitrogens with zero attached hydrogens (tertiary/aromatic N) is 2. The van der Waals surface area contributed by atoms with Gasteiger partial charge in [0, 0.05) is 12.4 Å². The number of amides is 1. The molecule has 24 heavy (non-hydrogen) atoms. The minimum atomic E-state index is -1.01. The zero-order chi connectivity index (χ0) is 16.9.